The molecule has 0 amide bonds. The molecule has 1 aromatic heterocycles. The van der Waals surface area contributed by atoms with Gasteiger partial charge in [-0.3, -0.25) is 0 Å². The Hall–Kier alpha value is -0.710. The molecule has 0 saturated carbocycles. The molecule has 0 spiro atoms. The Kier molecular flexibility index (Phi) is 2.44. The van der Waals surface area contributed by atoms with E-state index in [1.165, 1.54) is 4.70 Å². The summed E-state index contributed by atoms with van der Waals surface area (Å²) in [7, 11) is 0. The quantitative estimate of drug-likeness (QED) is 0.772. The summed E-state index contributed by atoms with van der Waals surface area (Å²) < 4.78 is 3.98. The molecule has 0 saturated heterocycles. The largest absolute Gasteiger partial charge is 0.395 e. The predicted octanol–water partition coefficient (Wildman–Crippen LogP) is 2.42. The van der Waals surface area contributed by atoms with Crippen molar-refractivity contribution >= 4 is 33.8 Å². The number of hydrogen-bond donors (Lipinski definition) is 1. The first-order valence-electron chi connectivity index (χ1n) is 4.02. The monoisotopic (exact) mass is 211 g/mol. The number of thiazole rings is 1. The van der Waals surface area contributed by atoms with Crippen molar-refractivity contribution in [3.63, 3.8) is 0 Å². The highest BCUT2D eigenvalue weighted by Crippen LogP contribution is 2.22. The van der Waals surface area contributed by atoms with Crippen LogP contribution in [0.3, 0.4) is 0 Å². The Morgan fingerprint density at radius 1 is 1.38 bits per heavy atom. The molecule has 0 aliphatic carbocycles. The first-order valence-corrected chi connectivity index (χ1v) is 5.24. The number of aromatic nitrogens is 1. The van der Waals surface area contributed by atoms with E-state index in [1.807, 2.05) is 28.8 Å². The average molecular weight is 211 g/mol. The number of nitrogens with zero attached hydrogens (tertiary/aromatic N) is 1. The van der Waals surface area contributed by atoms with Crippen molar-refractivity contribution in [1.29, 1.82) is 0 Å². The van der Waals surface area contributed by atoms with Gasteiger partial charge in [-0.05, 0) is 24.4 Å². The Morgan fingerprint density at radius 2 is 2.15 bits per heavy atom. The molecular weight excluding hydrogens is 202 g/mol. The van der Waals surface area contributed by atoms with Gasteiger partial charge in [0.15, 0.2) is 3.95 Å². The Morgan fingerprint density at radius 3 is 2.92 bits per heavy atom. The van der Waals surface area contributed by atoms with Crippen LogP contribution in [0, 0.1) is 3.95 Å². The second-order valence-electron chi connectivity index (χ2n) is 2.71. The van der Waals surface area contributed by atoms with Gasteiger partial charge in [0.1, 0.15) is 0 Å². The zero-order valence-electron chi connectivity index (χ0n) is 6.93. The molecule has 1 heterocycles. The maximum Gasteiger partial charge on any atom is 0.162 e. The predicted molar refractivity (Wildman–Crippen MR) is 57.7 cm³/mol. The lowest BCUT2D eigenvalue weighted by molar-refractivity contribution is 0.278. The van der Waals surface area contributed by atoms with Crippen LogP contribution >= 0.6 is 23.6 Å². The number of hydrogen-bond acceptors (Lipinski definition) is 3. The van der Waals surface area contributed by atoms with Crippen LogP contribution in [0.15, 0.2) is 24.3 Å². The van der Waals surface area contributed by atoms with Gasteiger partial charge in [-0.2, -0.15) is 0 Å². The first kappa shape index (κ1) is 8.87. The van der Waals surface area contributed by atoms with Crippen LogP contribution < -0.4 is 0 Å². The maximum absolute atomic E-state index is 8.86. The Bertz CT molecular complexity index is 472. The molecule has 1 aromatic carbocycles. The zero-order chi connectivity index (χ0) is 9.26. The second kappa shape index (κ2) is 3.57. The molecule has 13 heavy (non-hydrogen) atoms. The van der Waals surface area contributed by atoms with E-state index in [4.69, 9.17) is 17.3 Å². The number of rotatable bonds is 2. The number of aliphatic hydroxyl groups is 1. The third-order valence-electron chi connectivity index (χ3n) is 1.90. The summed E-state index contributed by atoms with van der Waals surface area (Å²) >= 11 is 6.77. The van der Waals surface area contributed by atoms with Crippen molar-refractivity contribution in [2.45, 2.75) is 6.54 Å². The van der Waals surface area contributed by atoms with E-state index in [1.54, 1.807) is 11.3 Å². The lowest BCUT2D eigenvalue weighted by Gasteiger charge is -1.99. The lowest BCUT2D eigenvalue weighted by Crippen LogP contribution is -2.00. The summed E-state index contributed by atoms with van der Waals surface area (Å²) in [5, 5.41) is 8.86. The summed E-state index contributed by atoms with van der Waals surface area (Å²) in [6.45, 7) is 0.720. The van der Waals surface area contributed by atoms with Gasteiger partial charge in [0.25, 0.3) is 0 Å². The van der Waals surface area contributed by atoms with E-state index in [0.29, 0.717) is 6.54 Å². The van der Waals surface area contributed by atoms with Crippen LogP contribution in [0.4, 0.5) is 0 Å². The summed E-state index contributed by atoms with van der Waals surface area (Å²) in [5.74, 6) is 0. The van der Waals surface area contributed by atoms with Crippen LogP contribution in [0.5, 0.6) is 0 Å². The normalized spacial score (nSPS) is 10.8. The molecule has 2 nitrogen and oxygen atoms in total. The number of aliphatic hydroxyl groups excluding tert-OH is 1. The molecule has 0 atom stereocenters. The molecule has 1 N–H and O–H groups in total. The summed E-state index contributed by atoms with van der Waals surface area (Å²) in [4.78, 5) is 0. The molecule has 2 rings (SSSR count). The molecule has 0 bridgehead atoms. The van der Waals surface area contributed by atoms with Gasteiger partial charge in [0.2, 0.25) is 0 Å². The van der Waals surface area contributed by atoms with Gasteiger partial charge in [0, 0.05) is 6.54 Å². The Balaban J connectivity index is 2.71. The van der Waals surface area contributed by atoms with Gasteiger partial charge in [0.05, 0.1) is 16.8 Å². The van der Waals surface area contributed by atoms with E-state index in [0.717, 1.165) is 9.47 Å². The summed E-state index contributed by atoms with van der Waals surface area (Å²) in [5.41, 5.74) is 1.12. The topological polar surface area (TPSA) is 25.2 Å². The fourth-order valence-electron chi connectivity index (χ4n) is 1.33. The Labute approximate surface area is 85.1 Å². The van der Waals surface area contributed by atoms with Crippen LogP contribution in [-0.2, 0) is 6.54 Å². The molecule has 0 radical (unpaired) electrons. The molecule has 0 unspecified atom stereocenters. The third-order valence-corrected chi connectivity index (χ3v) is 3.33. The number of para-hydroxylation sites is 1. The van der Waals surface area contributed by atoms with E-state index in [2.05, 4.69) is 0 Å². The number of fused-ring (bicyclic) bond motifs is 1. The van der Waals surface area contributed by atoms with Gasteiger partial charge < -0.3 is 9.67 Å². The highest BCUT2D eigenvalue weighted by atomic mass is 32.1. The van der Waals surface area contributed by atoms with Gasteiger partial charge >= 0.3 is 0 Å². The molecule has 68 valence electrons. The molecule has 4 heteroatoms. The molecule has 0 fully saturated rings. The SMILES string of the molecule is OCCn1c(=S)sc2ccccc21. The van der Waals surface area contributed by atoms with Crippen molar-refractivity contribution in [3.8, 4) is 0 Å². The molecule has 0 aliphatic rings. The van der Waals surface area contributed by atoms with E-state index >= 15 is 0 Å². The highest BCUT2D eigenvalue weighted by molar-refractivity contribution is 7.73. The zero-order valence-corrected chi connectivity index (χ0v) is 8.57. The van der Waals surface area contributed by atoms with Crippen molar-refractivity contribution < 1.29 is 5.11 Å². The van der Waals surface area contributed by atoms with Crippen LogP contribution in [0.2, 0.25) is 0 Å². The van der Waals surface area contributed by atoms with Crippen molar-refractivity contribution in [2.24, 2.45) is 0 Å². The van der Waals surface area contributed by atoms with E-state index in [9.17, 15) is 0 Å². The van der Waals surface area contributed by atoms with Gasteiger partial charge in [-0.15, -0.1) is 11.3 Å². The van der Waals surface area contributed by atoms with Gasteiger partial charge in [-0.1, -0.05) is 12.1 Å². The summed E-state index contributed by atoms with van der Waals surface area (Å²) in [6, 6.07) is 8.05. The van der Waals surface area contributed by atoms with Crippen molar-refractivity contribution in [2.75, 3.05) is 6.61 Å². The first-order chi connectivity index (χ1) is 6.33. The van der Waals surface area contributed by atoms with Crippen LogP contribution in [0.1, 0.15) is 0 Å². The van der Waals surface area contributed by atoms with E-state index < -0.39 is 0 Å². The fraction of sp³-hybridized carbons (Fsp3) is 0.222. The minimum absolute atomic E-state index is 0.134. The average Bonchev–Trinajstić information content (AvgIpc) is 2.44. The third kappa shape index (κ3) is 1.52. The highest BCUT2D eigenvalue weighted by Gasteiger charge is 2.02. The molecular formula is C9H9NOS2. The minimum atomic E-state index is 0.134. The molecule has 0 aliphatic heterocycles. The molecule has 2 aromatic rings. The van der Waals surface area contributed by atoms with Crippen LogP contribution in [-0.4, -0.2) is 16.3 Å². The lowest BCUT2D eigenvalue weighted by atomic mass is 10.3. The van der Waals surface area contributed by atoms with Crippen molar-refractivity contribution in [1.82, 2.24) is 4.57 Å². The van der Waals surface area contributed by atoms with E-state index in [-0.39, 0.29) is 6.61 Å². The summed E-state index contributed by atoms with van der Waals surface area (Å²) in [6.07, 6.45) is 0. The second-order valence-corrected chi connectivity index (χ2v) is 4.39. The van der Waals surface area contributed by atoms with Crippen molar-refractivity contribution in [3.05, 3.63) is 28.2 Å². The van der Waals surface area contributed by atoms with Crippen LogP contribution in [0.25, 0.3) is 10.2 Å². The smallest absolute Gasteiger partial charge is 0.162 e. The maximum atomic E-state index is 8.86. The minimum Gasteiger partial charge on any atom is -0.395 e. The van der Waals surface area contributed by atoms with Gasteiger partial charge in [-0.25, -0.2) is 0 Å². The standard InChI is InChI=1S/C9H9NOS2/c11-6-5-10-7-3-1-2-4-8(7)13-9(10)12/h1-4,11H,5-6H2. The number of benzene rings is 1. The fourth-order valence-corrected chi connectivity index (χ4v) is 2.70.